The highest BCUT2D eigenvalue weighted by Crippen LogP contribution is 2.33. The average molecular weight is 476 g/mol. The van der Waals surface area contributed by atoms with Gasteiger partial charge < -0.3 is 9.64 Å². The molecule has 2 aromatic rings. The Morgan fingerprint density at radius 2 is 1.88 bits per heavy atom. The van der Waals surface area contributed by atoms with Crippen molar-refractivity contribution in [2.45, 2.75) is 55.0 Å². The Morgan fingerprint density at radius 3 is 2.56 bits per heavy atom. The SMILES string of the molecule is CSc1ccc(Oc2ccc(S(N)(=O)=O)cc2CN2CCC[C@@H]2CN2CCCC2)cc1C. The smallest absolute Gasteiger partial charge is 0.238 e. The number of rotatable bonds is 8. The van der Waals surface area contributed by atoms with Gasteiger partial charge in [-0.2, -0.15) is 0 Å². The average Bonchev–Trinajstić information content (AvgIpc) is 3.41. The summed E-state index contributed by atoms with van der Waals surface area (Å²) in [4.78, 5) is 6.36. The molecule has 0 aliphatic carbocycles. The Morgan fingerprint density at radius 1 is 1.09 bits per heavy atom. The number of nitrogens with two attached hydrogens (primary N) is 1. The number of nitrogens with zero attached hydrogens (tertiary/aromatic N) is 2. The van der Waals surface area contributed by atoms with E-state index in [0.29, 0.717) is 18.3 Å². The zero-order chi connectivity index (χ0) is 22.7. The highest BCUT2D eigenvalue weighted by atomic mass is 32.2. The summed E-state index contributed by atoms with van der Waals surface area (Å²) in [5, 5.41) is 5.43. The van der Waals surface area contributed by atoms with E-state index in [9.17, 15) is 8.42 Å². The van der Waals surface area contributed by atoms with E-state index in [2.05, 4.69) is 29.0 Å². The zero-order valence-corrected chi connectivity index (χ0v) is 20.6. The molecular formula is C24H33N3O3S2. The second-order valence-corrected chi connectivity index (χ2v) is 11.2. The third-order valence-electron chi connectivity index (χ3n) is 6.49. The largest absolute Gasteiger partial charge is 0.457 e. The maximum atomic E-state index is 12.0. The topological polar surface area (TPSA) is 75.9 Å². The van der Waals surface area contributed by atoms with E-state index < -0.39 is 10.0 Å². The number of sulfonamides is 1. The van der Waals surface area contributed by atoms with Gasteiger partial charge in [-0.3, -0.25) is 4.90 Å². The van der Waals surface area contributed by atoms with Crippen LogP contribution in [-0.4, -0.2) is 56.7 Å². The van der Waals surface area contributed by atoms with Crippen molar-refractivity contribution in [3.05, 3.63) is 47.5 Å². The molecule has 0 spiro atoms. The van der Waals surface area contributed by atoms with Gasteiger partial charge in [-0.1, -0.05) is 0 Å². The molecule has 8 heteroatoms. The van der Waals surface area contributed by atoms with Gasteiger partial charge in [0.15, 0.2) is 0 Å². The van der Waals surface area contributed by atoms with Crippen LogP contribution in [0.4, 0.5) is 0 Å². The Hall–Kier alpha value is -1.58. The molecule has 0 saturated carbocycles. The lowest BCUT2D eigenvalue weighted by molar-refractivity contribution is 0.184. The summed E-state index contributed by atoms with van der Waals surface area (Å²) in [5.74, 6) is 1.43. The summed E-state index contributed by atoms with van der Waals surface area (Å²) in [6, 6.07) is 11.5. The lowest BCUT2D eigenvalue weighted by Gasteiger charge is -2.29. The summed E-state index contributed by atoms with van der Waals surface area (Å²) in [7, 11) is -3.78. The molecule has 2 aliphatic heterocycles. The normalized spacial score (nSPS) is 20.2. The number of likely N-dealkylation sites (tertiary alicyclic amines) is 2. The van der Waals surface area contributed by atoms with E-state index in [4.69, 9.17) is 9.88 Å². The van der Waals surface area contributed by atoms with Crippen molar-refractivity contribution in [1.29, 1.82) is 0 Å². The first-order valence-corrected chi connectivity index (χ1v) is 14.1. The van der Waals surface area contributed by atoms with Crippen LogP contribution < -0.4 is 9.88 Å². The van der Waals surface area contributed by atoms with Crippen LogP contribution in [0.25, 0.3) is 0 Å². The standard InChI is InChI=1S/C24H33N3O3S2/c1-18-14-21(7-10-24(18)31-2)30-23-9-8-22(32(25,28)29)15-19(23)16-27-13-5-6-20(27)17-26-11-3-4-12-26/h7-10,14-15,20H,3-6,11-13,16-17H2,1-2H3,(H2,25,28,29)/t20-/m1/s1. The molecule has 6 nitrogen and oxygen atoms in total. The van der Waals surface area contributed by atoms with E-state index >= 15 is 0 Å². The molecule has 1 atom stereocenters. The van der Waals surface area contributed by atoms with Gasteiger partial charge in [0.1, 0.15) is 11.5 Å². The van der Waals surface area contributed by atoms with Gasteiger partial charge in [-0.05, 0) is 100 Å². The number of hydrogen-bond donors (Lipinski definition) is 1. The van der Waals surface area contributed by atoms with Crippen LogP contribution >= 0.6 is 11.8 Å². The predicted molar refractivity (Wildman–Crippen MR) is 130 cm³/mol. The first kappa shape index (κ1) is 23.6. The fourth-order valence-corrected chi connectivity index (χ4v) is 5.94. The monoisotopic (exact) mass is 475 g/mol. The third kappa shape index (κ3) is 5.66. The molecular weight excluding hydrogens is 442 g/mol. The van der Waals surface area contributed by atoms with Gasteiger partial charge in [0, 0.05) is 29.6 Å². The molecule has 2 aromatic carbocycles. The molecule has 2 heterocycles. The Bertz CT molecular complexity index is 1050. The lowest BCUT2D eigenvalue weighted by Crippen LogP contribution is -2.39. The number of hydrogen-bond acceptors (Lipinski definition) is 6. The molecule has 32 heavy (non-hydrogen) atoms. The summed E-state index contributed by atoms with van der Waals surface area (Å²) in [6.07, 6.45) is 6.98. The van der Waals surface area contributed by atoms with E-state index in [1.807, 2.05) is 12.1 Å². The van der Waals surface area contributed by atoms with E-state index in [-0.39, 0.29) is 4.90 Å². The quantitative estimate of drug-likeness (QED) is 0.576. The maximum Gasteiger partial charge on any atom is 0.238 e. The third-order valence-corrected chi connectivity index (χ3v) is 8.30. The molecule has 174 valence electrons. The van der Waals surface area contributed by atoms with E-state index in [1.54, 1.807) is 23.9 Å². The van der Waals surface area contributed by atoms with Crippen LogP contribution in [0.3, 0.4) is 0 Å². The molecule has 0 radical (unpaired) electrons. The van der Waals surface area contributed by atoms with Crippen molar-refractivity contribution in [1.82, 2.24) is 9.80 Å². The summed E-state index contributed by atoms with van der Waals surface area (Å²) >= 11 is 1.71. The van der Waals surface area contributed by atoms with Gasteiger partial charge in [0.2, 0.25) is 10.0 Å². The molecule has 0 unspecified atom stereocenters. The van der Waals surface area contributed by atoms with E-state index in [1.165, 1.54) is 49.7 Å². The van der Waals surface area contributed by atoms with Crippen LogP contribution in [0.2, 0.25) is 0 Å². The molecule has 2 N–H and O–H groups in total. The maximum absolute atomic E-state index is 12.0. The number of benzene rings is 2. The lowest BCUT2D eigenvalue weighted by atomic mass is 10.1. The number of thioether (sulfide) groups is 1. The minimum Gasteiger partial charge on any atom is -0.457 e. The molecule has 0 amide bonds. The highest BCUT2D eigenvalue weighted by Gasteiger charge is 2.28. The second-order valence-electron chi connectivity index (χ2n) is 8.82. The highest BCUT2D eigenvalue weighted by molar-refractivity contribution is 7.98. The summed E-state index contributed by atoms with van der Waals surface area (Å²) < 4.78 is 30.3. The minimum atomic E-state index is -3.78. The minimum absolute atomic E-state index is 0.129. The Balaban J connectivity index is 1.59. The van der Waals surface area contributed by atoms with Gasteiger partial charge >= 0.3 is 0 Å². The van der Waals surface area contributed by atoms with Crippen molar-refractivity contribution in [2.24, 2.45) is 5.14 Å². The van der Waals surface area contributed by atoms with Gasteiger partial charge in [0.25, 0.3) is 0 Å². The van der Waals surface area contributed by atoms with Crippen molar-refractivity contribution >= 4 is 21.8 Å². The van der Waals surface area contributed by atoms with Crippen LogP contribution in [0.15, 0.2) is 46.2 Å². The fourth-order valence-electron chi connectivity index (χ4n) is 4.79. The number of ether oxygens (including phenoxy) is 1. The summed E-state index contributed by atoms with van der Waals surface area (Å²) in [6.45, 7) is 7.19. The van der Waals surface area contributed by atoms with Crippen molar-refractivity contribution in [3.63, 3.8) is 0 Å². The Kier molecular flexibility index (Phi) is 7.47. The molecule has 2 saturated heterocycles. The van der Waals surface area contributed by atoms with E-state index in [0.717, 1.165) is 30.0 Å². The van der Waals surface area contributed by atoms with Gasteiger partial charge in [0.05, 0.1) is 4.90 Å². The predicted octanol–water partition coefficient (Wildman–Crippen LogP) is 4.22. The van der Waals surface area contributed by atoms with Crippen LogP contribution in [0, 0.1) is 6.92 Å². The van der Waals surface area contributed by atoms with Crippen molar-refractivity contribution in [3.8, 4) is 11.5 Å². The Labute approximate surface area is 196 Å². The van der Waals surface area contributed by atoms with Crippen molar-refractivity contribution in [2.75, 3.05) is 32.4 Å². The molecule has 0 aromatic heterocycles. The first-order valence-electron chi connectivity index (χ1n) is 11.3. The second kappa shape index (κ2) is 10.1. The summed E-state index contributed by atoms with van der Waals surface area (Å²) in [5.41, 5.74) is 2.01. The van der Waals surface area contributed by atoms with Crippen LogP contribution in [0.1, 0.15) is 36.8 Å². The number of primary sulfonamides is 1. The molecule has 2 aliphatic rings. The number of aryl methyl sites for hydroxylation is 1. The molecule has 0 bridgehead atoms. The van der Waals surface area contributed by atoms with Crippen LogP contribution in [-0.2, 0) is 16.6 Å². The molecule has 2 fully saturated rings. The zero-order valence-electron chi connectivity index (χ0n) is 18.9. The fraction of sp³-hybridized carbons (Fsp3) is 0.500. The van der Waals surface area contributed by atoms with Crippen molar-refractivity contribution < 1.29 is 13.2 Å². The van der Waals surface area contributed by atoms with Crippen LogP contribution in [0.5, 0.6) is 11.5 Å². The first-order chi connectivity index (χ1) is 15.3. The van der Waals surface area contributed by atoms with Gasteiger partial charge in [-0.25, -0.2) is 13.6 Å². The van der Waals surface area contributed by atoms with Gasteiger partial charge in [-0.15, -0.1) is 11.8 Å². The molecule has 4 rings (SSSR count).